The van der Waals surface area contributed by atoms with Gasteiger partial charge in [-0.15, -0.1) is 0 Å². The lowest BCUT2D eigenvalue weighted by Gasteiger charge is -2.23. The molecule has 0 aliphatic heterocycles. The van der Waals surface area contributed by atoms with Crippen LogP contribution < -0.4 is 32.8 Å². The molecule has 0 saturated carbocycles. The monoisotopic (exact) mass is 718 g/mol. The van der Waals surface area contributed by atoms with Crippen molar-refractivity contribution in [1.29, 1.82) is 0 Å². The fourth-order valence-electron chi connectivity index (χ4n) is 4.63. The summed E-state index contributed by atoms with van der Waals surface area (Å²) in [6.07, 6.45) is -0.169. The van der Waals surface area contributed by atoms with Gasteiger partial charge in [-0.1, -0.05) is 96.4 Å². The summed E-state index contributed by atoms with van der Waals surface area (Å²) in [4.78, 5) is 79.4. The van der Waals surface area contributed by atoms with Crippen molar-refractivity contribution in [3.8, 4) is 0 Å². The lowest BCUT2D eigenvalue weighted by molar-refractivity contribution is -0.525. The molecule has 0 radical (unpaired) electrons. The number of hydrogen-bond donors (Lipinski definition) is 6. The van der Waals surface area contributed by atoms with Crippen molar-refractivity contribution in [3.05, 3.63) is 118 Å². The number of rotatable bonds is 20. The number of ether oxygens (including phenoxy) is 2. The number of amides is 3. The van der Waals surface area contributed by atoms with E-state index in [2.05, 4.69) is 20.9 Å². The van der Waals surface area contributed by atoms with Crippen molar-refractivity contribution in [3.63, 3.8) is 0 Å². The maximum Gasteiger partial charge on any atom is 0.329 e. The molecule has 3 rings (SSSR count). The van der Waals surface area contributed by atoms with Gasteiger partial charge in [0, 0.05) is 13.0 Å². The largest absolute Gasteiger partial charge is 0.461 e. The van der Waals surface area contributed by atoms with Gasteiger partial charge in [-0.05, 0) is 29.5 Å². The van der Waals surface area contributed by atoms with Gasteiger partial charge >= 0.3 is 11.9 Å². The predicted octanol–water partition coefficient (Wildman–Crippen LogP) is 0.395. The van der Waals surface area contributed by atoms with Crippen molar-refractivity contribution in [2.24, 2.45) is 16.5 Å². The molecule has 3 aromatic rings. The topological polar surface area (TPSA) is 259 Å². The van der Waals surface area contributed by atoms with Crippen LogP contribution in [0.25, 0.3) is 0 Å². The molecule has 3 aromatic carbocycles. The average molecular weight is 719 g/mol. The van der Waals surface area contributed by atoms with Gasteiger partial charge in [0.05, 0.1) is 19.0 Å². The lowest BCUT2D eigenvalue weighted by atomic mass is 10.0. The molecule has 3 atom stereocenters. The number of hydrogen-bond acceptors (Lipinski definition) is 11. The number of esters is 2. The number of benzene rings is 3. The van der Waals surface area contributed by atoms with Gasteiger partial charge in [-0.2, -0.15) is 0 Å². The third kappa shape index (κ3) is 15.5. The molecule has 0 saturated heterocycles. The fraction of sp³-hybridized carbons (Fsp3) is 0.314. The van der Waals surface area contributed by atoms with Crippen LogP contribution in [0, 0.1) is 10.1 Å². The molecule has 0 fully saturated rings. The molecule has 17 nitrogen and oxygen atoms in total. The zero-order valence-corrected chi connectivity index (χ0v) is 28.3. The van der Waals surface area contributed by atoms with Crippen molar-refractivity contribution in [1.82, 2.24) is 21.4 Å². The Bertz CT molecular complexity index is 1660. The number of nitrogens with one attached hydrogen (secondary N) is 4. The number of carbonyl (C=O) groups is 5. The van der Waals surface area contributed by atoms with Gasteiger partial charge < -0.3 is 36.9 Å². The van der Waals surface area contributed by atoms with E-state index in [1.165, 1.54) is 0 Å². The fourth-order valence-corrected chi connectivity index (χ4v) is 4.63. The third-order valence-corrected chi connectivity index (χ3v) is 7.29. The zero-order chi connectivity index (χ0) is 37.7. The van der Waals surface area contributed by atoms with Gasteiger partial charge in [0.2, 0.25) is 17.7 Å². The molecule has 0 spiro atoms. The van der Waals surface area contributed by atoms with E-state index >= 15 is 0 Å². The minimum absolute atomic E-state index is 0.0469. The normalized spacial score (nSPS) is 12.7. The zero-order valence-electron chi connectivity index (χ0n) is 28.3. The number of carbonyl (C=O) groups excluding carboxylic acids is 5. The number of hydrazine groups is 1. The highest BCUT2D eigenvalue weighted by molar-refractivity contribution is 5.94. The Kier molecular flexibility index (Phi) is 16.7. The highest BCUT2D eigenvalue weighted by Crippen LogP contribution is 2.09. The van der Waals surface area contributed by atoms with Crippen LogP contribution in [0.5, 0.6) is 0 Å². The van der Waals surface area contributed by atoms with Gasteiger partial charge in [0.1, 0.15) is 25.3 Å². The molecule has 0 unspecified atom stereocenters. The quantitative estimate of drug-likeness (QED) is 0.0232. The van der Waals surface area contributed by atoms with Crippen LogP contribution in [-0.2, 0) is 53.1 Å². The van der Waals surface area contributed by atoms with Gasteiger partial charge in [-0.25, -0.2) is 19.9 Å². The first kappa shape index (κ1) is 40.1. The molecular weight excluding hydrogens is 676 g/mol. The second-order valence-corrected chi connectivity index (χ2v) is 11.4. The maximum absolute atomic E-state index is 13.7. The van der Waals surface area contributed by atoms with Gasteiger partial charge in [-0.3, -0.25) is 19.2 Å². The van der Waals surface area contributed by atoms with E-state index in [4.69, 9.17) is 20.9 Å². The van der Waals surface area contributed by atoms with Crippen molar-refractivity contribution in [2.45, 2.75) is 57.0 Å². The minimum atomic E-state index is -1.50. The molecule has 8 N–H and O–H groups in total. The molecule has 3 amide bonds. The summed E-state index contributed by atoms with van der Waals surface area (Å²) < 4.78 is 10.8. The van der Waals surface area contributed by atoms with Crippen LogP contribution in [-0.4, -0.2) is 71.9 Å². The van der Waals surface area contributed by atoms with E-state index in [1.54, 1.807) is 90.4 Å². The van der Waals surface area contributed by atoms with Crippen molar-refractivity contribution >= 4 is 35.6 Å². The Morgan fingerprint density at radius 1 is 0.769 bits per heavy atom. The Morgan fingerprint density at radius 2 is 1.33 bits per heavy atom. The Labute approximate surface area is 299 Å². The van der Waals surface area contributed by atoms with E-state index in [-0.39, 0.29) is 39.0 Å². The Morgan fingerprint density at radius 3 is 1.90 bits per heavy atom. The van der Waals surface area contributed by atoms with E-state index in [0.29, 0.717) is 5.56 Å². The van der Waals surface area contributed by atoms with E-state index in [0.717, 1.165) is 11.1 Å². The number of nitrogens with two attached hydrogens (primary N) is 2. The van der Waals surface area contributed by atoms with E-state index < -0.39 is 71.7 Å². The second kappa shape index (κ2) is 21.7. The first-order valence-corrected chi connectivity index (χ1v) is 16.3. The summed E-state index contributed by atoms with van der Waals surface area (Å²) in [7, 11) is 0. The van der Waals surface area contributed by atoms with Crippen LogP contribution in [0.3, 0.4) is 0 Å². The summed E-state index contributed by atoms with van der Waals surface area (Å²) in [5.41, 5.74) is 15.1. The predicted molar refractivity (Wildman–Crippen MR) is 188 cm³/mol. The van der Waals surface area contributed by atoms with Gasteiger partial charge in [0.15, 0.2) is 5.03 Å². The minimum Gasteiger partial charge on any atom is -0.461 e. The number of nitro groups is 1. The standard InChI is InChI=1S/C35H42N8O9/c36-27(17-10-18-38-35(37)42-43(49)50)32(46)39-21-30(44)40-28(20-31(45)51-22-25-13-6-2-7-14-25)33(47)41-29(19-24-11-4-1-5-12-24)34(48)52-23-26-15-8-3-9-16-26/h1-9,11-16,27-29H,10,17-23,36H2,(H,39,46)(H,40,44)(H,41,47)(H3,37,38,42)/t27-,28-,29-/m0/s1. The number of aliphatic imine (C=N–C) groups is 1. The molecule has 0 aromatic heterocycles. The smallest absolute Gasteiger partial charge is 0.329 e. The summed E-state index contributed by atoms with van der Waals surface area (Å²) in [5.74, 6) is -4.33. The molecule has 52 heavy (non-hydrogen) atoms. The number of nitrogens with zero attached hydrogens (tertiary/aromatic N) is 2. The van der Waals surface area contributed by atoms with Crippen LogP contribution in [0.4, 0.5) is 0 Å². The summed E-state index contributed by atoms with van der Waals surface area (Å²) in [6, 6.07) is 22.9. The summed E-state index contributed by atoms with van der Waals surface area (Å²) in [5, 5.41) is 16.9. The van der Waals surface area contributed by atoms with Crippen LogP contribution in [0.15, 0.2) is 96.0 Å². The van der Waals surface area contributed by atoms with Crippen LogP contribution in [0.1, 0.15) is 36.0 Å². The highest BCUT2D eigenvalue weighted by atomic mass is 16.7. The van der Waals surface area contributed by atoms with E-state index in [1.807, 2.05) is 6.07 Å². The van der Waals surface area contributed by atoms with E-state index in [9.17, 15) is 34.1 Å². The maximum atomic E-state index is 13.7. The van der Waals surface area contributed by atoms with Gasteiger partial charge in [0.25, 0.3) is 5.96 Å². The van der Waals surface area contributed by atoms with Crippen molar-refractivity contribution in [2.75, 3.05) is 13.1 Å². The van der Waals surface area contributed by atoms with Crippen molar-refractivity contribution < 1.29 is 38.5 Å². The SMILES string of the molecule is NC(=NCCC[C@H](N)C(=O)NCC(=O)N[C@@H](CC(=O)OCc1ccccc1)C(=O)N[C@@H](Cc1ccccc1)C(=O)OCc1ccccc1)N[N+](=O)[O-]. The third-order valence-electron chi connectivity index (χ3n) is 7.29. The molecule has 0 heterocycles. The van der Waals surface area contributed by atoms with Crippen LogP contribution >= 0.6 is 0 Å². The summed E-state index contributed by atoms with van der Waals surface area (Å²) >= 11 is 0. The molecule has 276 valence electrons. The molecule has 0 aliphatic rings. The second-order valence-electron chi connectivity index (χ2n) is 11.4. The molecule has 17 heteroatoms. The first-order valence-electron chi connectivity index (χ1n) is 16.3. The average Bonchev–Trinajstić information content (AvgIpc) is 3.14. The highest BCUT2D eigenvalue weighted by Gasteiger charge is 2.30. The Balaban J connectivity index is 1.66. The number of guanidine groups is 1. The first-order chi connectivity index (χ1) is 25.0. The van der Waals surface area contributed by atoms with Crippen LogP contribution in [0.2, 0.25) is 0 Å². The summed E-state index contributed by atoms with van der Waals surface area (Å²) in [6.45, 7) is -0.673. The molecule has 0 bridgehead atoms. The Hall–Kier alpha value is -6.36. The molecular formula is C35H42N8O9. The lowest BCUT2D eigenvalue weighted by Crippen LogP contribution is -2.55. The molecule has 0 aliphatic carbocycles.